The second-order valence-corrected chi connectivity index (χ2v) is 5.51. The van der Waals surface area contributed by atoms with E-state index < -0.39 is 18.4 Å². The van der Waals surface area contributed by atoms with Gasteiger partial charge in [0.1, 0.15) is 12.3 Å². The van der Waals surface area contributed by atoms with E-state index in [1.807, 2.05) is 13.0 Å². The molecule has 1 aromatic heterocycles. The molecule has 6 radical (unpaired) electrons. The van der Waals surface area contributed by atoms with Gasteiger partial charge in [0.2, 0.25) is 7.98 Å². The maximum Gasteiger partial charge on any atom is 0.378 e. The molecule has 0 saturated carbocycles. The van der Waals surface area contributed by atoms with Gasteiger partial charge in [-0.05, 0) is 36.2 Å². The number of nitrogens with zero attached hydrogens (tertiary/aromatic N) is 2. The highest BCUT2D eigenvalue weighted by atomic mass is 35.5. The molecule has 2 rings (SSSR count). The third kappa shape index (κ3) is 4.36. The standard InChI is InChI=1S/C15H10B3ClN2O4/c1-8-2-3-10(19)5-11(8)9-4-12(24-17)14(20-6-9)15(23)21(16)7-13(22)25-18/h2-6H,7H2,1H3. The van der Waals surface area contributed by atoms with Crippen LogP contribution in [0.15, 0.2) is 30.5 Å². The van der Waals surface area contributed by atoms with Crippen LogP contribution in [0.1, 0.15) is 16.1 Å². The number of halogens is 1. The van der Waals surface area contributed by atoms with Crippen LogP contribution in [0.2, 0.25) is 5.02 Å². The molecule has 1 amide bonds. The first-order chi connectivity index (χ1) is 11.9. The predicted octanol–water partition coefficient (Wildman–Crippen LogP) is 1.33. The Morgan fingerprint density at radius 1 is 1.28 bits per heavy atom. The highest BCUT2D eigenvalue weighted by Crippen LogP contribution is 2.30. The Labute approximate surface area is 153 Å². The van der Waals surface area contributed by atoms with Crippen LogP contribution in [0.5, 0.6) is 5.75 Å². The summed E-state index contributed by atoms with van der Waals surface area (Å²) in [5.74, 6) is -1.70. The van der Waals surface area contributed by atoms with E-state index in [9.17, 15) is 9.59 Å². The zero-order valence-electron chi connectivity index (χ0n) is 13.2. The number of carbonyl (C=O) groups is 2. The van der Waals surface area contributed by atoms with Gasteiger partial charge < -0.3 is 14.1 Å². The van der Waals surface area contributed by atoms with Crippen LogP contribution in [0.3, 0.4) is 0 Å². The second kappa shape index (κ2) is 8.12. The summed E-state index contributed by atoms with van der Waals surface area (Å²) < 4.78 is 8.70. The molecule has 6 nitrogen and oxygen atoms in total. The van der Waals surface area contributed by atoms with E-state index in [-0.39, 0.29) is 11.4 Å². The zero-order valence-corrected chi connectivity index (χ0v) is 14.0. The largest absolute Gasteiger partial charge is 0.566 e. The molecule has 0 aliphatic rings. The van der Waals surface area contributed by atoms with Crippen LogP contribution in [-0.2, 0) is 9.45 Å². The van der Waals surface area contributed by atoms with Gasteiger partial charge in [-0.25, -0.2) is 4.98 Å². The average molecular weight is 350 g/mol. The Morgan fingerprint density at radius 2 is 2.00 bits per heavy atom. The van der Waals surface area contributed by atoms with Gasteiger partial charge in [-0.1, -0.05) is 17.7 Å². The maximum atomic E-state index is 12.3. The van der Waals surface area contributed by atoms with E-state index in [1.54, 1.807) is 12.1 Å². The lowest BCUT2D eigenvalue weighted by atomic mass is 10.0. The quantitative estimate of drug-likeness (QED) is 0.761. The Balaban J connectivity index is 2.38. The fraction of sp³-hybridized carbons (Fsp3) is 0.133. The number of hydrogen-bond acceptors (Lipinski definition) is 5. The molecule has 1 heterocycles. The summed E-state index contributed by atoms with van der Waals surface area (Å²) in [6.45, 7) is 1.34. The van der Waals surface area contributed by atoms with E-state index in [2.05, 4.69) is 9.64 Å². The molecule has 0 aliphatic carbocycles. The van der Waals surface area contributed by atoms with Gasteiger partial charge >= 0.3 is 22.1 Å². The van der Waals surface area contributed by atoms with Gasteiger partial charge in [0.15, 0.2) is 5.69 Å². The van der Waals surface area contributed by atoms with E-state index in [1.165, 1.54) is 12.3 Å². The van der Waals surface area contributed by atoms with Crippen LogP contribution in [0.25, 0.3) is 11.1 Å². The number of amides is 1. The number of carbonyl (C=O) groups excluding carboxylic acids is 2. The Hall–Kier alpha value is -2.41. The first-order valence-electron chi connectivity index (χ1n) is 6.96. The lowest BCUT2D eigenvalue weighted by molar-refractivity contribution is -0.133. The summed E-state index contributed by atoms with van der Waals surface area (Å²) in [6.07, 6.45) is 1.45. The van der Waals surface area contributed by atoms with Crippen molar-refractivity contribution in [3.63, 3.8) is 0 Å². The van der Waals surface area contributed by atoms with Crippen LogP contribution >= 0.6 is 11.6 Å². The average Bonchev–Trinajstić information content (AvgIpc) is 2.62. The van der Waals surface area contributed by atoms with Crippen LogP contribution in [-0.4, -0.2) is 52.3 Å². The molecule has 0 unspecified atom stereocenters. The van der Waals surface area contributed by atoms with E-state index in [0.29, 0.717) is 15.4 Å². The molecule has 0 saturated heterocycles. The number of rotatable bonds is 5. The van der Waals surface area contributed by atoms with Crippen LogP contribution in [0.4, 0.5) is 0 Å². The van der Waals surface area contributed by atoms with E-state index in [0.717, 1.165) is 11.1 Å². The monoisotopic (exact) mass is 350 g/mol. The summed E-state index contributed by atoms with van der Waals surface area (Å²) in [4.78, 5) is 28.0. The SMILES string of the molecule is [B]OC(=O)CN([B])C(=O)c1ncc(-c2cc(Cl)ccc2C)cc1O[B]. The second-order valence-electron chi connectivity index (χ2n) is 5.07. The van der Waals surface area contributed by atoms with Gasteiger partial charge in [-0.3, -0.25) is 9.59 Å². The maximum absolute atomic E-state index is 12.3. The van der Waals surface area contributed by atoms with Crippen molar-refractivity contribution in [1.82, 2.24) is 9.79 Å². The molecular weight excluding hydrogens is 340 g/mol. The van der Waals surface area contributed by atoms with Crippen LogP contribution in [0, 0.1) is 6.92 Å². The van der Waals surface area contributed by atoms with Gasteiger partial charge in [0.05, 0.1) is 0 Å². The molecule has 120 valence electrons. The van der Waals surface area contributed by atoms with Crippen molar-refractivity contribution in [3.05, 3.63) is 46.7 Å². The zero-order chi connectivity index (χ0) is 18.6. The summed E-state index contributed by atoms with van der Waals surface area (Å²) >= 11 is 6.02. The van der Waals surface area contributed by atoms with Gasteiger partial charge in [-0.2, -0.15) is 0 Å². The third-order valence-electron chi connectivity index (χ3n) is 3.38. The predicted molar refractivity (Wildman–Crippen MR) is 94.4 cm³/mol. The summed E-state index contributed by atoms with van der Waals surface area (Å²) in [5.41, 5.74) is 2.22. The number of aromatic nitrogens is 1. The van der Waals surface area contributed by atoms with Gasteiger partial charge in [0, 0.05) is 16.8 Å². The molecule has 0 N–H and O–H groups in total. The normalized spacial score (nSPS) is 10.2. The smallest absolute Gasteiger partial charge is 0.378 e. The third-order valence-corrected chi connectivity index (χ3v) is 3.62. The minimum absolute atomic E-state index is 0.0153. The Bertz CT molecular complexity index is 819. The first kappa shape index (κ1) is 18.9. The lowest BCUT2D eigenvalue weighted by Crippen LogP contribution is -2.34. The van der Waals surface area contributed by atoms with Crippen molar-refractivity contribution >= 4 is 47.6 Å². The van der Waals surface area contributed by atoms with Crippen molar-refractivity contribution in [2.45, 2.75) is 6.92 Å². The molecule has 10 heteroatoms. The fourth-order valence-corrected chi connectivity index (χ4v) is 2.30. The molecule has 0 bridgehead atoms. The Morgan fingerprint density at radius 3 is 2.64 bits per heavy atom. The molecule has 2 aromatic rings. The molecule has 1 aromatic carbocycles. The van der Waals surface area contributed by atoms with Crippen molar-refractivity contribution in [3.8, 4) is 16.9 Å². The number of benzene rings is 1. The van der Waals surface area contributed by atoms with Crippen molar-refractivity contribution in [1.29, 1.82) is 0 Å². The first-order valence-corrected chi connectivity index (χ1v) is 7.34. The minimum Gasteiger partial charge on any atom is -0.566 e. The lowest BCUT2D eigenvalue weighted by Gasteiger charge is -2.18. The molecule has 0 spiro atoms. The Kier molecular flexibility index (Phi) is 6.14. The summed E-state index contributed by atoms with van der Waals surface area (Å²) in [7, 11) is 15.5. The molecule has 0 aliphatic heterocycles. The van der Waals surface area contributed by atoms with E-state index >= 15 is 0 Å². The van der Waals surface area contributed by atoms with Crippen molar-refractivity contribution < 1.29 is 18.9 Å². The highest BCUT2D eigenvalue weighted by molar-refractivity contribution is 6.30. The number of pyridine rings is 1. The number of aryl methyl sites for hydroxylation is 1. The molecular formula is C15H10B3ClN2O4. The molecule has 0 atom stereocenters. The summed E-state index contributed by atoms with van der Waals surface area (Å²) in [6, 6.07) is 6.88. The minimum atomic E-state index is -0.891. The number of hydrogen-bond donors (Lipinski definition) is 0. The van der Waals surface area contributed by atoms with Crippen LogP contribution < -0.4 is 4.65 Å². The molecule has 0 fully saturated rings. The fourth-order valence-electron chi connectivity index (χ4n) is 2.13. The highest BCUT2D eigenvalue weighted by Gasteiger charge is 2.20. The van der Waals surface area contributed by atoms with E-state index in [4.69, 9.17) is 40.3 Å². The molecule has 25 heavy (non-hydrogen) atoms. The van der Waals surface area contributed by atoms with Crippen molar-refractivity contribution in [2.75, 3.05) is 6.54 Å². The van der Waals surface area contributed by atoms with Gasteiger partial charge in [0.25, 0.3) is 5.91 Å². The van der Waals surface area contributed by atoms with Crippen molar-refractivity contribution in [2.24, 2.45) is 0 Å². The topological polar surface area (TPSA) is 68.7 Å². The van der Waals surface area contributed by atoms with Gasteiger partial charge in [-0.15, -0.1) is 0 Å². The summed E-state index contributed by atoms with van der Waals surface area (Å²) in [5, 5.41) is 0.546.